The van der Waals surface area contributed by atoms with Crippen molar-refractivity contribution in [1.82, 2.24) is 0 Å². The molecule has 0 radical (unpaired) electrons. The third-order valence-corrected chi connectivity index (χ3v) is 20.0. The summed E-state index contributed by atoms with van der Waals surface area (Å²) in [7, 11) is 3.40. The quantitative estimate of drug-likeness (QED) is 0.0295. The molecular weight excluding hydrogens is 1590 g/mol. The van der Waals surface area contributed by atoms with Crippen molar-refractivity contribution in [1.29, 1.82) is 0 Å². The minimum Gasteiger partial charge on any atom is -0.396 e. The molecule has 3 fully saturated rings. The molecule has 3 saturated carbocycles. The molecule has 8 N–H and O–H groups in total. The molecular formula is C119H280O10. The van der Waals surface area contributed by atoms with E-state index in [-0.39, 0.29) is 171 Å². The Morgan fingerprint density at radius 1 is 0.264 bits per heavy atom. The normalized spacial score (nSPS) is 14.6. The van der Waals surface area contributed by atoms with Crippen LogP contribution in [0.1, 0.15) is 618 Å². The van der Waals surface area contributed by atoms with Crippen molar-refractivity contribution in [2.45, 2.75) is 661 Å². The van der Waals surface area contributed by atoms with Gasteiger partial charge in [0.15, 0.2) is 0 Å². The van der Waals surface area contributed by atoms with Crippen LogP contribution in [0.25, 0.3) is 0 Å². The summed E-state index contributed by atoms with van der Waals surface area (Å²) in [5.74, 6) is 3.26. The van der Waals surface area contributed by atoms with Gasteiger partial charge in [-0.3, -0.25) is 0 Å². The van der Waals surface area contributed by atoms with Crippen molar-refractivity contribution in [2.24, 2.45) is 88.7 Å². The summed E-state index contributed by atoms with van der Waals surface area (Å²) in [6.07, 6.45) is 42.9. The van der Waals surface area contributed by atoms with Crippen molar-refractivity contribution in [3.05, 3.63) is 0 Å². The zero-order valence-corrected chi connectivity index (χ0v) is 89.3. The van der Waals surface area contributed by atoms with E-state index in [1.807, 2.05) is 20.8 Å². The Hall–Kier alpha value is -0.400. The SMILES string of the molecule is C.C.C.C.C.C.C.C.C.C.C.C.CC(C)(C)CC(O)C1CC1.CC(C)(C)CC(O)CCO.CC(C)(C)CCCC1CC1.CC(C)(C)CCCC1CCC1.CC(C)C(O)CC(C)(C)C.CCC(O)CC(C)(C)C.CCCCCCC(C)(C)C.CCCCCCC(C)(C)C.CC[C@@H](O)CC(C)(C)C.CC[C@H](O)CC(C)(C)C.COCCC(C)(C)C.COCCC(O)CC(C)(C)C. The second-order valence-corrected chi connectivity index (χ2v) is 51.0. The smallest absolute Gasteiger partial charge is 0.0573 e. The highest BCUT2D eigenvalue weighted by atomic mass is 16.5. The van der Waals surface area contributed by atoms with Gasteiger partial charge in [-0.1, -0.05) is 496 Å². The van der Waals surface area contributed by atoms with Crippen molar-refractivity contribution in [2.75, 3.05) is 34.0 Å². The minimum absolute atomic E-state index is 0. The fourth-order valence-electron chi connectivity index (χ4n) is 12.3. The highest BCUT2D eigenvalue weighted by molar-refractivity contribution is 4.84. The molecule has 816 valence electrons. The number of aliphatic hydroxyl groups excluding tert-OH is 8. The highest BCUT2D eigenvalue weighted by Gasteiger charge is 2.32. The van der Waals surface area contributed by atoms with Gasteiger partial charge in [0.2, 0.25) is 0 Å². The van der Waals surface area contributed by atoms with Crippen LogP contribution in [-0.4, -0.2) is 118 Å². The van der Waals surface area contributed by atoms with Crippen molar-refractivity contribution in [3.63, 3.8) is 0 Å². The number of unbranched alkanes of at least 4 members (excludes halogenated alkanes) is 6. The Morgan fingerprint density at radius 2 is 0.504 bits per heavy atom. The predicted octanol–water partition coefficient (Wildman–Crippen LogP) is 39.5. The van der Waals surface area contributed by atoms with Crippen LogP contribution in [0.2, 0.25) is 0 Å². The highest BCUT2D eigenvalue weighted by Crippen LogP contribution is 2.39. The molecule has 3 aliphatic carbocycles. The van der Waals surface area contributed by atoms with E-state index in [9.17, 15) is 35.7 Å². The van der Waals surface area contributed by atoms with Gasteiger partial charge in [0, 0.05) is 34.0 Å². The Morgan fingerprint density at radius 3 is 0.667 bits per heavy atom. The molecule has 129 heavy (non-hydrogen) atoms. The number of hydrogen-bond donors (Lipinski definition) is 8. The Kier molecular flexibility index (Phi) is 135. The molecule has 0 saturated heterocycles. The van der Waals surface area contributed by atoms with Crippen molar-refractivity contribution < 1.29 is 50.3 Å². The summed E-state index contributed by atoms with van der Waals surface area (Å²) in [5.41, 5.74) is 4.39. The number of methoxy groups -OCH3 is 2. The van der Waals surface area contributed by atoms with E-state index >= 15 is 0 Å². The molecule has 0 aromatic heterocycles. The topological polar surface area (TPSA) is 180 Å². The van der Waals surface area contributed by atoms with Gasteiger partial charge >= 0.3 is 0 Å². The first kappa shape index (κ1) is 181. The summed E-state index contributed by atoms with van der Waals surface area (Å²) in [4.78, 5) is 0. The lowest BCUT2D eigenvalue weighted by Gasteiger charge is -2.26. The van der Waals surface area contributed by atoms with Gasteiger partial charge in [-0.2, -0.15) is 0 Å². The number of aliphatic hydroxyl groups is 8. The lowest BCUT2D eigenvalue weighted by atomic mass is 9.79. The summed E-state index contributed by atoms with van der Waals surface area (Å²) in [5, 5.41) is 73.7. The molecule has 0 aromatic rings. The van der Waals surface area contributed by atoms with E-state index in [0.717, 1.165) is 95.5 Å². The van der Waals surface area contributed by atoms with Crippen LogP contribution in [0.5, 0.6) is 0 Å². The summed E-state index contributed by atoms with van der Waals surface area (Å²) >= 11 is 0. The van der Waals surface area contributed by atoms with Crippen molar-refractivity contribution in [3.8, 4) is 0 Å². The second-order valence-electron chi connectivity index (χ2n) is 51.0. The van der Waals surface area contributed by atoms with E-state index in [1.54, 1.807) is 14.2 Å². The molecule has 10 nitrogen and oxygen atoms in total. The molecule has 0 amide bonds. The summed E-state index contributed by atoms with van der Waals surface area (Å²) in [6, 6.07) is 0. The maximum Gasteiger partial charge on any atom is 0.0573 e. The molecule has 3 aliphatic rings. The average Bonchev–Trinajstić information content (AvgIpc) is 1.75. The second kappa shape index (κ2) is 96.5. The number of ether oxygens (including phenoxy) is 2. The van der Waals surface area contributed by atoms with E-state index < -0.39 is 0 Å². The van der Waals surface area contributed by atoms with Gasteiger partial charge in [0.25, 0.3) is 0 Å². The third kappa shape index (κ3) is 199. The van der Waals surface area contributed by atoms with Gasteiger partial charge in [0.05, 0.1) is 42.7 Å². The molecule has 0 aromatic carbocycles. The molecule has 0 heterocycles. The lowest BCUT2D eigenvalue weighted by molar-refractivity contribution is 0.0787. The maximum absolute atomic E-state index is 9.52. The first-order chi connectivity index (χ1) is 52.4. The van der Waals surface area contributed by atoms with E-state index in [1.165, 1.54) is 148 Å². The van der Waals surface area contributed by atoms with Crippen LogP contribution in [0.15, 0.2) is 0 Å². The average molecular weight is 1870 g/mol. The van der Waals surface area contributed by atoms with Gasteiger partial charge in [0.1, 0.15) is 0 Å². The predicted molar refractivity (Wildman–Crippen MR) is 607 cm³/mol. The van der Waals surface area contributed by atoms with E-state index in [0.29, 0.717) is 57.4 Å². The molecule has 5 unspecified atom stereocenters. The zero-order chi connectivity index (χ0) is 94.3. The van der Waals surface area contributed by atoms with Crippen LogP contribution >= 0.6 is 0 Å². The van der Waals surface area contributed by atoms with Gasteiger partial charge in [-0.25, -0.2) is 0 Å². The Labute approximate surface area is 829 Å². The molecule has 7 atom stereocenters. The van der Waals surface area contributed by atoms with Gasteiger partial charge < -0.3 is 50.3 Å². The molecule has 0 spiro atoms. The summed E-state index contributed by atoms with van der Waals surface area (Å²) in [6.45, 7) is 95.8. The third-order valence-electron chi connectivity index (χ3n) is 20.0. The summed E-state index contributed by atoms with van der Waals surface area (Å²) < 4.78 is 9.78. The van der Waals surface area contributed by atoms with Gasteiger partial charge in [-0.05, 0) is 211 Å². The monoisotopic (exact) mass is 1870 g/mol. The van der Waals surface area contributed by atoms with E-state index in [4.69, 9.17) is 14.6 Å². The number of rotatable bonds is 33. The largest absolute Gasteiger partial charge is 0.396 e. The molecule has 0 bridgehead atoms. The zero-order valence-electron chi connectivity index (χ0n) is 89.3. The molecule has 0 aliphatic heterocycles. The van der Waals surface area contributed by atoms with Gasteiger partial charge in [-0.15, -0.1) is 0 Å². The van der Waals surface area contributed by atoms with Crippen LogP contribution < -0.4 is 0 Å². The van der Waals surface area contributed by atoms with Crippen LogP contribution in [-0.2, 0) is 9.47 Å². The first-order valence-electron chi connectivity index (χ1n) is 48.8. The lowest BCUT2D eigenvalue weighted by Crippen LogP contribution is -2.22. The maximum atomic E-state index is 9.52. The fourth-order valence-corrected chi connectivity index (χ4v) is 12.3. The van der Waals surface area contributed by atoms with Crippen LogP contribution in [0, 0.1) is 88.7 Å². The van der Waals surface area contributed by atoms with Crippen LogP contribution in [0.4, 0.5) is 0 Å². The fraction of sp³-hybridized carbons (Fsp3) is 1.00. The van der Waals surface area contributed by atoms with Crippen molar-refractivity contribution >= 4 is 0 Å². The first-order valence-corrected chi connectivity index (χ1v) is 48.8. The standard InChI is InChI=1S/C11H22.C10H20.2C10H22.C9H20O2.C9H18O.C9H20O.C8H18O2.3C8H18O.C7H16O.12CH4/c1-11(2,3)9-5-8-10-6-4-7-10;1-10(2,3)8-4-5-9-6-7-9;2*1-5-6-7-8-9-10(2,3)4;1-9(2,3)7-8(10)5-6-11-4;1-9(2,3)6-8(10)7-4-5-7;1-7(2)8(10)6-9(3,4)5;1-8(2,3)6-7(10)4-5-9;3*1-5-7(9)6-8(2,3)4;1-7(2,3)5-6-8-4;;;;;;;;;;;;/h10H,4-9H2,1-3H3;9H,4-8H2,1-3H3;2*5-9H2,1-4H3;8,10H,5-7H2,1-4H3;7-8,10H,4-6H2,1-3H3;7-8,10H,6H2,1-5H3;7,9-10H,4-6H2,1-3H3;3*7,9H,5-6H2,1-4H3;5-6H2,1-4H3;12*1H4/t;;;;;;;;2*7-;;;;;;;;;;;;;;/m........10............../s1. The molecule has 3 rings (SSSR count). The minimum atomic E-state index is -0.343. The van der Waals surface area contributed by atoms with E-state index in [2.05, 4.69) is 277 Å². The number of hydrogen-bond acceptors (Lipinski definition) is 10. The molecule has 10 heteroatoms. The Balaban J connectivity index is -0.0000000515. The Bertz CT molecular complexity index is 1930. The van der Waals surface area contributed by atoms with Crippen LogP contribution in [0.3, 0.4) is 0 Å².